The molecule has 0 aromatic heterocycles. The Morgan fingerprint density at radius 3 is 2.73 bits per heavy atom. The van der Waals surface area contributed by atoms with Gasteiger partial charge in [-0.2, -0.15) is 0 Å². The van der Waals surface area contributed by atoms with E-state index in [4.69, 9.17) is 9.57 Å². The van der Waals surface area contributed by atoms with Crippen LogP contribution in [-0.2, 0) is 14.4 Å². The van der Waals surface area contributed by atoms with Gasteiger partial charge < -0.3 is 9.57 Å². The third-order valence-electron chi connectivity index (χ3n) is 2.36. The van der Waals surface area contributed by atoms with E-state index in [-0.39, 0.29) is 18.2 Å². The lowest BCUT2D eigenvalue weighted by molar-refractivity contribution is -0.171. The molecule has 0 saturated heterocycles. The van der Waals surface area contributed by atoms with Crippen LogP contribution in [0.25, 0.3) is 0 Å². The topological polar surface area (TPSA) is 47.9 Å². The fraction of sp³-hybridized carbons (Fsp3) is 0.800. The lowest BCUT2D eigenvalue weighted by Gasteiger charge is -2.22. The highest BCUT2D eigenvalue weighted by Crippen LogP contribution is 2.30. The molecule has 1 heterocycles. The normalized spacial score (nSPS) is 30.0. The molecule has 15 heavy (non-hydrogen) atoms. The van der Waals surface area contributed by atoms with Crippen LogP contribution in [0.5, 0.6) is 0 Å². The van der Waals surface area contributed by atoms with Crippen molar-refractivity contribution >= 4 is 11.7 Å². The van der Waals surface area contributed by atoms with Crippen molar-refractivity contribution in [2.24, 2.45) is 11.1 Å². The van der Waals surface area contributed by atoms with Crippen molar-refractivity contribution in [3.8, 4) is 0 Å². The van der Waals surface area contributed by atoms with Gasteiger partial charge in [0.1, 0.15) is 0 Å². The SMILES string of the molecule is CCOC(=O)C1(C)ON=C(C(C)C)C1F. The maximum Gasteiger partial charge on any atom is 0.356 e. The zero-order valence-electron chi connectivity index (χ0n) is 9.41. The molecule has 5 heteroatoms. The third-order valence-corrected chi connectivity index (χ3v) is 2.36. The summed E-state index contributed by atoms with van der Waals surface area (Å²) in [5.41, 5.74) is -1.36. The van der Waals surface area contributed by atoms with Crippen molar-refractivity contribution in [2.75, 3.05) is 6.61 Å². The van der Waals surface area contributed by atoms with Crippen molar-refractivity contribution in [3.63, 3.8) is 0 Å². The van der Waals surface area contributed by atoms with Gasteiger partial charge in [-0.25, -0.2) is 9.18 Å². The summed E-state index contributed by atoms with van der Waals surface area (Å²) < 4.78 is 18.7. The number of carbonyl (C=O) groups excluding carboxylic acids is 1. The minimum absolute atomic E-state index is 0.0868. The summed E-state index contributed by atoms with van der Waals surface area (Å²) in [7, 11) is 0. The lowest BCUT2D eigenvalue weighted by atomic mass is 9.92. The number of esters is 1. The van der Waals surface area contributed by atoms with E-state index in [1.165, 1.54) is 6.92 Å². The second kappa shape index (κ2) is 4.16. The molecule has 2 unspecified atom stereocenters. The number of halogens is 1. The maximum atomic E-state index is 13.9. The third kappa shape index (κ3) is 1.96. The molecule has 0 N–H and O–H groups in total. The predicted molar refractivity (Wildman–Crippen MR) is 53.3 cm³/mol. The number of rotatable bonds is 3. The largest absolute Gasteiger partial charge is 0.463 e. The molecule has 0 aromatic rings. The first-order valence-corrected chi connectivity index (χ1v) is 5.00. The summed E-state index contributed by atoms with van der Waals surface area (Å²) in [6.07, 6.45) is -1.53. The Bertz CT molecular complexity index is 290. The molecule has 0 saturated carbocycles. The predicted octanol–water partition coefficient (Wildman–Crippen LogP) is 1.69. The first-order chi connectivity index (χ1) is 6.93. The number of hydrogen-bond acceptors (Lipinski definition) is 4. The average molecular weight is 217 g/mol. The van der Waals surface area contributed by atoms with E-state index in [0.717, 1.165) is 0 Å². The zero-order chi connectivity index (χ0) is 11.6. The van der Waals surface area contributed by atoms with E-state index in [2.05, 4.69) is 5.16 Å². The summed E-state index contributed by atoms with van der Waals surface area (Å²) in [4.78, 5) is 16.4. The van der Waals surface area contributed by atoms with Gasteiger partial charge in [-0.1, -0.05) is 19.0 Å². The molecule has 1 aliphatic rings. The molecule has 4 nitrogen and oxygen atoms in total. The molecule has 0 spiro atoms. The fourth-order valence-corrected chi connectivity index (χ4v) is 1.34. The van der Waals surface area contributed by atoms with Gasteiger partial charge in [-0.3, -0.25) is 0 Å². The summed E-state index contributed by atoms with van der Waals surface area (Å²) in [5, 5.41) is 3.61. The van der Waals surface area contributed by atoms with Gasteiger partial charge in [0.15, 0.2) is 6.17 Å². The Labute approximate surface area is 88.4 Å². The van der Waals surface area contributed by atoms with Crippen LogP contribution in [-0.4, -0.2) is 30.1 Å². The summed E-state index contributed by atoms with van der Waals surface area (Å²) >= 11 is 0. The van der Waals surface area contributed by atoms with Crippen LogP contribution >= 0.6 is 0 Å². The number of alkyl halides is 1. The van der Waals surface area contributed by atoms with Crippen LogP contribution in [0.1, 0.15) is 27.7 Å². The summed E-state index contributed by atoms with van der Waals surface area (Å²) in [5.74, 6) is -0.798. The van der Waals surface area contributed by atoms with E-state index in [0.29, 0.717) is 0 Å². The number of oxime groups is 1. The minimum Gasteiger partial charge on any atom is -0.463 e. The Morgan fingerprint density at radius 2 is 2.33 bits per heavy atom. The Morgan fingerprint density at radius 1 is 1.73 bits per heavy atom. The highest BCUT2D eigenvalue weighted by atomic mass is 19.1. The van der Waals surface area contributed by atoms with E-state index in [9.17, 15) is 9.18 Å². The van der Waals surface area contributed by atoms with Gasteiger partial charge in [0.25, 0.3) is 5.60 Å². The molecule has 1 rings (SSSR count). The molecule has 0 bridgehead atoms. The van der Waals surface area contributed by atoms with Crippen LogP contribution in [0, 0.1) is 5.92 Å². The minimum atomic E-state index is -1.62. The second-order valence-corrected chi connectivity index (χ2v) is 3.95. The van der Waals surface area contributed by atoms with Crippen molar-refractivity contribution < 1.29 is 18.8 Å². The zero-order valence-corrected chi connectivity index (χ0v) is 9.41. The van der Waals surface area contributed by atoms with Gasteiger partial charge in [0.2, 0.25) is 0 Å². The van der Waals surface area contributed by atoms with Crippen molar-refractivity contribution in [1.82, 2.24) is 0 Å². The van der Waals surface area contributed by atoms with Crippen molar-refractivity contribution in [2.45, 2.75) is 39.5 Å². The molecule has 1 aliphatic heterocycles. The summed E-state index contributed by atoms with van der Waals surface area (Å²) in [6, 6.07) is 0. The van der Waals surface area contributed by atoms with E-state index in [1.54, 1.807) is 20.8 Å². The van der Waals surface area contributed by atoms with Gasteiger partial charge in [-0.15, -0.1) is 0 Å². The van der Waals surface area contributed by atoms with E-state index in [1.807, 2.05) is 0 Å². The Balaban J connectivity index is 2.80. The number of carbonyl (C=O) groups is 1. The molecule has 0 aromatic carbocycles. The highest BCUT2D eigenvalue weighted by Gasteiger charge is 2.53. The van der Waals surface area contributed by atoms with E-state index < -0.39 is 17.7 Å². The lowest BCUT2D eigenvalue weighted by Crippen LogP contribution is -2.47. The van der Waals surface area contributed by atoms with Gasteiger partial charge in [0, 0.05) is 0 Å². The maximum absolute atomic E-state index is 13.9. The highest BCUT2D eigenvalue weighted by molar-refractivity contribution is 5.98. The number of ether oxygens (including phenoxy) is 1. The monoisotopic (exact) mass is 217 g/mol. The first-order valence-electron chi connectivity index (χ1n) is 5.00. The molecule has 0 fully saturated rings. The molecule has 2 atom stereocenters. The number of hydrogen-bond donors (Lipinski definition) is 0. The standard InChI is InChI=1S/C10H16FNO3/c1-5-14-9(13)10(4)8(11)7(6(2)3)12-15-10/h6,8H,5H2,1-4H3. The van der Waals surface area contributed by atoms with Gasteiger partial charge in [0.05, 0.1) is 12.3 Å². The van der Waals surface area contributed by atoms with Crippen LogP contribution in [0.4, 0.5) is 4.39 Å². The van der Waals surface area contributed by atoms with Crippen LogP contribution in [0.3, 0.4) is 0 Å². The smallest absolute Gasteiger partial charge is 0.356 e. The molecule has 0 amide bonds. The Kier molecular flexibility index (Phi) is 3.31. The first kappa shape index (κ1) is 11.9. The Hall–Kier alpha value is -1.13. The molecule has 86 valence electrons. The molecular formula is C10H16FNO3. The average Bonchev–Trinajstić information content (AvgIpc) is 2.45. The molecular weight excluding hydrogens is 201 g/mol. The van der Waals surface area contributed by atoms with E-state index >= 15 is 0 Å². The van der Waals surface area contributed by atoms with Gasteiger partial charge in [-0.05, 0) is 19.8 Å². The molecule has 0 radical (unpaired) electrons. The quantitative estimate of drug-likeness (QED) is 0.676. The fourth-order valence-electron chi connectivity index (χ4n) is 1.34. The van der Waals surface area contributed by atoms with Crippen LogP contribution in [0.2, 0.25) is 0 Å². The molecule has 0 aliphatic carbocycles. The van der Waals surface area contributed by atoms with Gasteiger partial charge >= 0.3 is 5.97 Å². The van der Waals surface area contributed by atoms with Crippen LogP contribution in [0.15, 0.2) is 5.16 Å². The van der Waals surface area contributed by atoms with Crippen LogP contribution < -0.4 is 0 Å². The van der Waals surface area contributed by atoms with Crippen molar-refractivity contribution in [1.29, 1.82) is 0 Å². The van der Waals surface area contributed by atoms with Crippen molar-refractivity contribution in [3.05, 3.63) is 0 Å². The second-order valence-electron chi connectivity index (χ2n) is 3.95. The summed E-state index contributed by atoms with van der Waals surface area (Å²) in [6.45, 7) is 6.81. The number of nitrogens with zero attached hydrogens (tertiary/aromatic N) is 1.